The van der Waals surface area contributed by atoms with Crippen LogP contribution in [-0.4, -0.2) is 81.7 Å². The molecule has 4 aromatic rings. The lowest BCUT2D eigenvalue weighted by Crippen LogP contribution is -2.48. The highest BCUT2D eigenvalue weighted by Gasteiger charge is 2.34. The number of β-amino-alcohol motifs (C(OH)–C–C–N with tert-alkyl or cyclic N) is 1. The summed E-state index contributed by atoms with van der Waals surface area (Å²) in [5.74, 6) is 0.552. The fourth-order valence-electron chi connectivity index (χ4n) is 4.63. The van der Waals surface area contributed by atoms with E-state index in [4.69, 9.17) is 10.00 Å². The van der Waals surface area contributed by atoms with Crippen LogP contribution in [0.15, 0.2) is 36.9 Å². The maximum atomic E-state index is 12.5. The van der Waals surface area contributed by atoms with Gasteiger partial charge < -0.3 is 20.1 Å². The second-order valence-electron chi connectivity index (χ2n) is 11.1. The van der Waals surface area contributed by atoms with Gasteiger partial charge in [-0.05, 0) is 47.1 Å². The number of hydrogen-bond donors (Lipinski definition) is 2. The highest BCUT2D eigenvalue weighted by Crippen LogP contribution is 2.31. The maximum absolute atomic E-state index is 12.5. The number of aromatic nitrogens is 7. The van der Waals surface area contributed by atoms with Crippen LogP contribution in [0.3, 0.4) is 0 Å². The van der Waals surface area contributed by atoms with Crippen molar-refractivity contribution in [2.75, 3.05) is 18.4 Å². The molecule has 5 rings (SSSR count). The van der Waals surface area contributed by atoms with Gasteiger partial charge >= 0.3 is 6.09 Å². The quantitative estimate of drug-likeness (QED) is 0.381. The van der Waals surface area contributed by atoms with Crippen LogP contribution in [0.2, 0.25) is 0 Å². The summed E-state index contributed by atoms with van der Waals surface area (Å²) in [6, 6.07) is 5.47. The average molecular weight is 545 g/mol. The van der Waals surface area contributed by atoms with Crippen LogP contribution in [0.25, 0.3) is 28.1 Å². The summed E-state index contributed by atoms with van der Waals surface area (Å²) in [5, 5.41) is 37.3. The summed E-state index contributed by atoms with van der Waals surface area (Å²) in [6.07, 6.45) is 5.88. The Morgan fingerprint density at radius 3 is 2.73 bits per heavy atom. The Kier molecular flexibility index (Phi) is 7.12. The zero-order valence-electron chi connectivity index (χ0n) is 23.1. The summed E-state index contributed by atoms with van der Waals surface area (Å²) < 4.78 is 8.72. The molecule has 0 radical (unpaired) electrons. The second kappa shape index (κ2) is 10.5. The predicted octanol–water partition coefficient (Wildman–Crippen LogP) is 3.31. The Morgan fingerprint density at radius 2 is 2.02 bits per heavy atom. The van der Waals surface area contributed by atoms with E-state index in [0.717, 1.165) is 16.6 Å². The summed E-state index contributed by atoms with van der Waals surface area (Å²) in [7, 11) is 0. The zero-order valence-corrected chi connectivity index (χ0v) is 23.1. The average Bonchev–Trinajstić information content (AvgIpc) is 3.54. The number of carbonyl (C=O) groups excluding carboxylic acids is 1. The molecular formula is C27H32N10O3. The lowest BCUT2D eigenvalue weighted by Gasteiger charge is -2.36. The van der Waals surface area contributed by atoms with Gasteiger partial charge in [-0.15, -0.1) is 5.10 Å². The molecule has 0 saturated carbocycles. The fourth-order valence-corrected chi connectivity index (χ4v) is 4.63. The second-order valence-corrected chi connectivity index (χ2v) is 11.1. The van der Waals surface area contributed by atoms with E-state index in [1.54, 1.807) is 34.0 Å². The van der Waals surface area contributed by atoms with Gasteiger partial charge in [-0.2, -0.15) is 15.0 Å². The molecule has 0 unspecified atom stereocenters. The fraction of sp³-hybridized carbons (Fsp3) is 0.444. The number of carbonyl (C=O) groups is 1. The van der Waals surface area contributed by atoms with Gasteiger partial charge in [0.2, 0.25) is 0 Å². The number of hydrogen-bond acceptors (Lipinski definition) is 10. The van der Waals surface area contributed by atoms with Crippen molar-refractivity contribution < 1.29 is 14.6 Å². The number of pyridine rings is 2. The van der Waals surface area contributed by atoms with Crippen molar-refractivity contribution in [1.29, 1.82) is 5.26 Å². The number of piperidine rings is 1. The third kappa shape index (κ3) is 5.57. The molecule has 40 heavy (non-hydrogen) atoms. The first-order valence-electron chi connectivity index (χ1n) is 13.1. The normalized spacial score (nSPS) is 17.7. The van der Waals surface area contributed by atoms with Crippen LogP contribution in [-0.2, 0) is 4.74 Å². The molecule has 0 spiro atoms. The predicted molar refractivity (Wildman–Crippen MR) is 147 cm³/mol. The largest absolute Gasteiger partial charge is 0.444 e. The van der Waals surface area contributed by atoms with Crippen LogP contribution >= 0.6 is 0 Å². The van der Waals surface area contributed by atoms with Gasteiger partial charge in [-0.25, -0.2) is 19.4 Å². The summed E-state index contributed by atoms with van der Waals surface area (Å²) >= 11 is 0. The number of anilines is 1. The summed E-state index contributed by atoms with van der Waals surface area (Å²) in [6.45, 7) is 10.1. The number of amides is 1. The minimum absolute atomic E-state index is 0.119. The maximum Gasteiger partial charge on any atom is 0.410 e. The number of likely N-dealkylation sites (tertiary alicyclic amines) is 1. The molecule has 0 aromatic carbocycles. The van der Waals surface area contributed by atoms with Gasteiger partial charge in [0.1, 0.15) is 17.4 Å². The molecule has 0 aliphatic carbocycles. The monoisotopic (exact) mass is 544 g/mol. The molecule has 1 aliphatic heterocycles. The van der Waals surface area contributed by atoms with Gasteiger partial charge in [0.25, 0.3) is 0 Å². The number of aliphatic hydroxyl groups is 1. The Hall–Kier alpha value is -4.57. The van der Waals surface area contributed by atoms with E-state index < -0.39 is 17.8 Å². The molecule has 208 valence electrons. The minimum Gasteiger partial charge on any atom is -0.444 e. The topological polar surface area (TPSA) is 160 Å². The number of nitriles is 1. The standard InChI is InChI=1S/C27H32N10O3/c1-16(2)32-20-9-24(37-25-18(12-31-37)8-17(10-28)11-30-25)29-13-19(20)21-14-36(34-33-21)22-6-7-35(15-23(22)38)26(39)40-27(3,4)5/h8-9,11-14,16,22-23,38H,6-7,15H2,1-5H3,(H,29,32)/t22-,23+/m0/s1. The van der Waals surface area contributed by atoms with Gasteiger partial charge in [0, 0.05) is 47.7 Å². The first kappa shape index (κ1) is 27.0. The van der Waals surface area contributed by atoms with E-state index in [0.29, 0.717) is 35.7 Å². The summed E-state index contributed by atoms with van der Waals surface area (Å²) in [5.41, 5.74) is 2.55. The van der Waals surface area contributed by atoms with Gasteiger partial charge in [0.15, 0.2) is 11.5 Å². The number of aliphatic hydroxyl groups excluding tert-OH is 1. The SMILES string of the molecule is CC(C)Nc1cc(-n2ncc3cc(C#N)cnc32)ncc1-c1cn([C@H]2CCN(C(=O)OC(C)(C)C)C[C@H]2O)nn1. The lowest BCUT2D eigenvalue weighted by atomic mass is 10.0. The van der Waals surface area contributed by atoms with E-state index in [-0.39, 0.29) is 18.6 Å². The van der Waals surface area contributed by atoms with E-state index in [9.17, 15) is 9.90 Å². The molecule has 5 heterocycles. The Labute approximate surface area is 231 Å². The van der Waals surface area contributed by atoms with Gasteiger partial charge in [-0.3, -0.25) is 0 Å². The van der Waals surface area contributed by atoms with Crippen LogP contribution in [0.5, 0.6) is 0 Å². The first-order chi connectivity index (χ1) is 19.0. The van der Waals surface area contributed by atoms with Crippen molar-refractivity contribution in [2.24, 2.45) is 0 Å². The molecule has 1 amide bonds. The molecule has 1 saturated heterocycles. The van der Waals surface area contributed by atoms with Gasteiger partial charge in [0.05, 0.1) is 36.6 Å². The van der Waals surface area contributed by atoms with Gasteiger partial charge in [-0.1, -0.05) is 5.21 Å². The van der Waals surface area contributed by atoms with E-state index in [2.05, 4.69) is 36.8 Å². The molecular weight excluding hydrogens is 512 g/mol. The van der Waals surface area contributed by atoms with Crippen molar-refractivity contribution in [1.82, 2.24) is 39.6 Å². The zero-order chi connectivity index (χ0) is 28.6. The highest BCUT2D eigenvalue weighted by atomic mass is 16.6. The molecule has 13 nitrogen and oxygen atoms in total. The molecule has 4 aromatic heterocycles. The highest BCUT2D eigenvalue weighted by molar-refractivity contribution is 5.79. The van der Waals surface area contributed by atoms with Crippen molar-refractivity contribution in [3.63, 3.8) is 0 Å². The number of rotatable bonds is 5. The first-order valence-corrected chi connectivity index (χ1v) is 13.1. The molecule has 1 fully saturated rings. The Morgan fingerprint density at radius 1 is 1.23 bits per heavy atom. The Bertz CT molecular complexity index is 1580. The third-order valence-electron chi connectivity index (χ3n) is 6.41. The smallest absolute Gasteiger partial charge is 0.410 e. The number of nitrogens with zero attached hydrogens (tertiary/aromatic N) is 9. The van der Waals surface area contributed by atoms with Crippen LogP contribution in [0.1, 0.15) is 52.6 Å². The van der Waals surface area contributed by atoms with Crippen molar-refractivity contribution in [3.05, 3.63) is 42.5 Å². The Balaban J connectivity index is 1.39. The van der Waals surface area contributed by atoms with Crippen molar-refractivity contribution >= 4 is 22.8 Å². The van der Waals surface area contributed by atoms with E-state index in [1.807, 2.05) is 40.7 Å². The molecule has 1 aliphatic rings. The number of nitrogens with one attached hydrogen (secondary N) is 1. The van der Waals surface area contributed by atoms with Crippen molar-refractivity contribution in [2.45, 2.75) is 64.8 Å². The minimum atomic E-state index is -0.827. The molecule has 13 heteroatoms. The molecule has 2 atom stereocenters. The molecule has 2 N–H and O–H groups in total. The number of fused-ring (bicyclic) bond motifs is 1. The lowest BCUT2D eigenvalue weighted by molar-refractivity contribution is -0.0120. The third-order valence-corrected chi connectivity index (χ3v) is 6.41. The summed E-state index contributed by atoms with van der Waals surface area (Å²) in [4.78, 5) is 23.0. The van der Waals surface area contributed by atoms with Crippen molar-refractivity contribution in [3.8, 4) is 23.1 Å². The van der Waals surface area contributed by atoms with E-state index in [1.165, 1.54) is 11.1 Å². The van der Waals surface area contributed by atoms with Crippen LogP contribution in [0, 0.1) is 11.3 Å². The van der Waals surface area contributed by atoms with Crippen LogP contribution < -0.4 is 5.32 Å². The van der Waals surface area contributed by atoms with E-state index >= 15 is 0 Å². The number of ether oxygens (including phenoxy) is 1. The molecule has 0 bridgehead atoms. The van der Waals surface area contributed by atoms with Crippen LogP contribution in [0.4, 0.5) is 10.5 Å².